The third-order valence-corrected chi connectivity index (χ3v) is 2.09. The van der Waals surface area contributed by atoms with E-state index >= 15 is 0 Å². The van der Waals surface area contributed by atoms with Gasteiger partial charge in [0.2, 0.25) is 0 Å². The van der Waals surface area contributed by atoms with Crippen LogP contribution in [-0.4, -0.2) is 17.4 Å². The molecule has 1 rings (SSSR count). The Kier molecular flexibility index (Phi) is 4.00. The maximum atomic E-state index is 11.9. The molecule has 0 heterocycles. The van der Waals surface area contributed by atoms with Crippen LogP contribution in [0.25, 0.3) is 5.57 Å². The van der Waals surface area contributed by atoms with E-state index < -0.39 is 12.3 Å². The van der Waals surface area contributed by atoms with E-state index in [4.69, 9.17) is 5.11 Å². The van der Waals surface area contributed by atoms with Gasteiger partial charge in [-0.3, -0.25) is 0 Å². The Balaban J connectivity index is 3.03. The average molecular weight is 260 g/mol. The van der Waals surface area contributed by atoms with Gasteiger partial charge in [0.1, 0.15) is 5.75 Å². The van der Waals surface area contributed by atoms with E-state index in [0.717, 1.165) is 12.1 Å². The fourth-order valence-corrected chi connectivity index (χ4v) is 1.45. The monoisotopic (exact) mass is 260 g/mol. The topological polar surface area (TPSA) is 46.5 Å². The van der Waals surface area contributed by atoms with Crippen molar-refractivity contribution in [2.45, 2.75) is 20.2 Å². The van der Waals surface area contributed by atoms with E-state index in [1.165, 1.54) is 12.1 Å². The highest BCUT2D eigenvalue weighted by molar-refractivity contribution is 6.16. The Morgan fingerprint density at radius 2 is 1.67 bits per heavy atom. The van der Waals surface area contributed by atoms with Crippen LogP contribution in [0.2, 0.25) is 0 Å². The van der Waals surface area contributed by atoms with Gasteiger partial charge in [-0.05, 0) is 31.5 Å². The maximum absolute atomic E-state index is 11.9. The minimum atomic E-state index is -4.76. The molecule has 0 amide bonds. The number of hydrogen-bond donors (Lipinski definition) is 1. The van der Waals surface area contributed by atoms with Crippen LogP contribution in [-0.2, 0) is 4.79 Å². The molecule has 0 saturated carbocycles. The van der Waals surface area contributed by atoms with Crippen LogP contribution < -0.4 is 4.74 Å². The molecule has 0 radical (unpaired) electrons. The van der Waals surface area contributed by atoms with Gasteiger partial charge in [-0.2, -0.15) is 0 Å². The van der Waals surface area contributed by atoms with Crippen molar-refractivity contribution in [1.29, 1.82) is 0 Å². The van der Waals surface area contributed by atoms with Gasteiger partial charge >= 0.3 is 12.3 Å². The van der Waals surface area contributed by atoms with E-state index in [-0.39, 0.29) is 11.3 Å². The summed E-state index contributed by atoms with van der Waals surface area (Å²) in [6.07, 6.45) is -4.76. The van der Waals surface area contributed by atoms with E-state index in [1.54, 1.807) is 13.8 Å². The lowest BCUT2D eigenvalue weighted by molar-refractivity contribution is -0.274. The summed E-state index contributed by atoms with van der Waals surface area (Å²) in [7, 11) is 0. The number of halogens is 3. The lowest BCUT2D eigenvalue weighted by atomic mass is 10.0. The molecule has 0 aliphatic carbocycles. The van der Waals surface area contributed by atoms with E-state index in [0.29, 0.717) is 11.1 Å². The Morgan fingerprint density at radius 1 is 1.17 bits per heavy atom. The smallest absolute Gasteiger partial charge is 0.478 e. The Bertz CT molecular complexity index is 468. The minimum absolute atomic E-state index is 0.0635. The number of carbonyl (C=O) groups is 1. The van der Waals surface area contributed by atoms with Crippen LogP contribution in [0, 0.1) is 0 Å². The van der Waals surface area contributed by atoms with Crippen LogP contribution in [0.15, 0.2) is 29.8 Å². The minimum Gasteiger partial charge on any atom is -0.478 e. The largest absolute Gasteiger partial charge is 0.573 e. The standard InChI is InChI=1S/C12H11F3O3/c1-7(2)10(11(16)17)8-3-5-9(6-4-8)18-12(13,14)15/h3-6H,1-2H3,(H,16,17). The first kappa shape index (κ1) is 14.1. The highest BCUT2D eigenvalue weighted by atomic mass is 19.4. The van der Waals surface area contributed by atoms with Gasteiger partial charge in [0.15, 0.2) is 0 Å². The summed E-state index contributed by atoms with van der Waals surface area (Å²) in [6, 6.07) is 4.71. The molecule has 0 unspecified atom stereocenters. The van der Waals surface area contributed by atoms with Crippen LogP contribution in [0.5, 0.6) is 5.75 Å². The zero-order valence-corrected chi connectivity index (χ0v) is 9.71. The predicted molar refractivity (Wildman–Crippen MR) is 59.0 cm³/mol. The Labute approximate surface area is 101 Å². The lowest BCUT2D eigenvalue weighted by Gasteiger charge is -2.10. The van der Waals surface area contributed by atoms with Crippen molar-refractivity contribution in [1.82, 2.24) is 0 Å². The normalized spacial score (nSPS) is 10.9. The number of aliphatic carboxylic acids is 1. The molecule has 0 fully saturated rings. The van der Waals surface area contributed by atoms with Gasteiger partial charge in [0.25, 0.3) is 0 Å². The molecule has 0 aliphatic heterocycles. The molecule has 1 aromatic carbocycles. The van der Waals surface area contributed by atoms with Crippen LogP contribution in [0.1, 0.15) is 19.4 Å². The molecule has 0 atom stereocenters. The summed E-state index contributed by atoms with van der Waals surface area (Å²) in [5.41, 5.74) is 0.956. The number of ether oxygens (including phenoxy) is 1. The highest BCUT2D eigenvalue weighted by Crippen LogP contribution is 2.25. The van der Waals surface area contributed by atoms with Crippen molar-refractivity contribution in [3.8, 4) is 5.75 Å². The first-order valence-corrected chi connectivity index (χ1v) is 4.97. The van der Waals surface area contributed by atoms with Crippen molar-refractivity contribution < 1.29 is 27.8 Å². The fraction of sp³-hybridized carbons (Fsp3) is 0.250. The fourth-order valence-electron chi connectivity index (χ4n) is 1.45. The third kappa shape index (κ3) is 3.80. The third-order valence-electron chi connectivity index (χ3n) is 2.09. The molecular weight excluding hydrogens is 249 g/mol. The number of carboxylic acid groups (broad SMARTS) is 1. The van der Waals surface area contributed by atoms with Gasteiger partial charge in [0.05, 0.1) is 5.57 Å². The molecular formula is C12H11F3O3. The highest BCUT2D eigenvalue weighted by Gasteiger charge is 2.31. The van der Waals surface area contributed by atoms with E-state index in [9.17, 15) is 18.0 Å². The molecule has 1 N–H and O–H groups in total. The number of hydrogen-bond acceptors (Lipinski definition) is 2. The van der Waals surface area contributed by atoms with Gasteiger partial charge in [-0.25, -0.2) is 4.79 Å². The molecule has 18 heavy (non-hydrogen) atoms. The zero-order valence-electron chi connectivity index (χ0n) is 9.71. The quantitative estimate of drug-likeness (QED) is 0.846. The second-order valence-corrected chi connectivity index (χ2v) is 3.75. The van der Waals surface area contributed by atoms with Crippen molar-refractivity contribution >= 4 is 11.5 Å². The summed E-state index contributed by atoms with van der Waals surface area (Å²) in [5.74, 6) is -1.51. The maximum Gasteiger partial charge on any atom is 0.573 e. The summed E-state index contributed by atoms with van der Waals surface area (Å²) in [6.45, 7) is 3.23. The number of rotatable bonds is 3. The molecule has 0 spiro atoms. The molecule has 0 bridgehead atoms. The SMILES string of the molecule is CC(C)=C(C(=O)O)c1ccc(OC(F)(F)F)cc1. The van der Waals surface area contributed by atoms with E-state index in [2.05, 4.69) is 4.74 Å². The number of carboxylic acids is 1. The van der Waals surface area contributed by atoms with Crippen LogP contribution >= 0.6 is 0 Å². The molecule has 1 aromatic rings. The van der Waals surface area contributed by atoms with Crippen molar-refractivity contribution in [3.63, 3.8) is 0 Å². The first-order chi connectivity index (χ1) is 8.20. The van der Waals surface area contributed by atoms with Gasteiger partial charge in [-0.1, -0.05) is 17.7 Å². The lowest BCUT2D eigenvalue weighted by Crippen LogP contribution is -2.17. The Hall–Kier alpha value is -1.98. The summed E-state index contributed by atoms with van der Waals surface area (Å²) >= 11 is 0. The molecule has 0 aromatic heterocycles. The second kappa shape index (κ2) is 5.12. The molecule has 3 nitrogen and oxygen atoms in total. The van der Waals surface area contributed by atoms with E-state index in [1.807, 2.05) is 0 Å². The van der Waals surface area contributed by atoms with Crippen molar-refractivity contribution in [2.75, 3.05) is 0 Å². The summed E-state index contributed by atoms with van der Waals surface area (Å²) < 4.78 is 39.5. The van der Waals surface area contributed by atoms with Crippen LogP contribution in [0.4, 0.5) is 13.2 Å². The van der Waals surface area contributed by atoms with Gasteiger partial charge in [-0.15, -0.1) is 13.2 Å². The van der Waals surface area contributed by atoms with Gasteiger partial charge < -0.3 is 9.84 Å². The number of alkyl halides is 3. The van der Waals surface area contributed by atoms with Crippen LogP contribution in [0.3, 0.4) is 0 Å². The molecule has 6 heteroatoms. The summed E-state index contributed by atoms with van der Waals surface area (Å²) in [4.78, 5) is 11.0. The number of benzene rings is 1. The van der Waals surface area contributed by atoms with Crippen molar-refractivity contribution in [3.05, 3.63) is 35.4 Å². The zero-order chi connectivity index (χ0) is 13.9. The molecule has 98 valence electrons. The van der Waals surface area contributed by atoms with Crippen molar-refractivity contribution in [2.24, 2.45) is 0 Å². The predicted octanol–water partition coefficient (Wildman–Crippen LogP) is 3.46. The second-order valence-electron chi connectivity index (χ2n) is 3.75. The number of allylic oxidation sites excluding steroid dienone is 1. The molecule has 0 saturated heterocycles. The first-order valence-electron chi connectivity index (χ1n) is 4.97. The molecule has 0 aliphatic rings. The van der Waals surface area contributed by atoms with Gasteiger partial charge in [0, 0.05) is 0 Å². The average Bonchev–Trinajstić information content (AvgIpc) is 2.17. The summed E-state index contributed by atoms with van der Waals surface area (Å²) in [5, 5.41) is 8.98. The Morgan fingerprint density at radius 3 is 2.00 bits per heavy atom.